The van der Waals surface area contributed by atoms with Crippen molar-refractivity contribution in [3.05, 3.63) is 48.0 Å². The average Bonchev–Trinajstić information content (AvgIpc) is 3.62. The molecular formula is C28H35N3O5S2. The van der Waals surface area contributed by atoms with Crippen LogP contribution in [-0.2, 0) is 14.8 Å². The summed E-state index contributed by atoms with van der Waals surface area (Å²) in [6, 6.07) is 12.1. The lowest BCUT2D eigenvalue weighted by atomic mass is 10.0. The predicted molar refractivity (Wildman–Crippen MR) is 150 cm³/mol. The molecule has 204 valence electrons. The van der Waals surface area contributed by atoms with Gasteiger partial charge in [-0.05, 0) is 75.4 Å². The van der Waals surface area contributed by atoms with Crippen LogP contribution in [0.5, 0.6) is 5.75 Å². The highest BCUT2D eigenvalue weighted by atomic mass is 32.2. The second kappa shape index (κ2) is 11.7. The number of ether oxygens (including phenoxy) is 2. The first-order valence-corrected chi connectivity index (χ1v) is 15.8. The highest BCUT2D eigenvalue weighted by Crippen LogP contribution is 2.35. The highest BCUT2D eigenvalue weighted by molar-refractivity contribution is 7.89. The van der Waals surface area contributed by atoms with Crippen LogP contribution >= 0.6 is 11.3 Å². The van der Waals surface area contributed by atoms with Gasteiger partial charge in [0.25, 0.3) is 5.91 Å². The van der Waals surface area contributed by atoms with E-state index in [0.717, 1.165) is 48.7 Å². The Morgan fingerprint density at radius 1 is 1.13 bits per heavy atom. The zero-order chi connectivity index (χ0) is 26.7. The van der Waals surface area contributed by atoms with Gasteiger partial charge < -0.3 is 9.47 Å². The van der Waals surface area contributed by atoms with E-state index in [0.29, 0.717) is 42.7 Å². The molecule has 0 N–H and O–H groups in total. The van der Waals surface area contributed by atoms with E-state index in [9.17, 15) is 13.2 Å². The molecule has 2 atom stereocenters. The molecule has 2 aliphatic heterocycles. The van der Waals surface area contributed by atoms with Crippen LogP contribution in [0.15, 0.2) is 47.4 Å². The summed E-state index contributed by atoms with van der Waals surface area (Å²) in [5.74, 6) is 0.459. The minimum atomic E-state index is -3.62. The Hall–Kier alpha value is -2.53. The van der Waals surface area contributed by atoms with Gasteiger partial charge in [-0.3, -0.25) is 9.69 Å². The van der Waals surface area contributed by atoms with Gasteiger partial charge in [-0.2, -0.15) is 4.31 Å². The lowest BCUT2D eigenvalue weighted by molar-refractivity contribution is 0.0917. The number of hydrogen-bond acceptors (Lipinski definition) is 7. The quantitative estimate of drug-likeness (QED) is 0.346. The maximum atomic E-state index is 13.8. The number of aromatic nitrogens is 1. The number of sulfonamides is 1. The molecule has 0 bridgehead atoms. The Morgan fingerprint density at radius 3 is 2.66 bits per heavy atom. The molecule has 3 aromatic rings. The molecule has 0 radical (unpaired) electrons. The molecule has 3 heterocycles. The van der Waals surface area contributed by atoms with E-state index in [-0.39, 0.29) is 22.9 Å². The zero-order valence-electron chi connectivity index (χ0n) is 22.0. The molecule has 1 aromatic heterocycles. The number of benzene rings is 2. The number of thiazole rings is 1. The lowest BCUT2D eigenvalue weighted by Crippen LogP contribution is -2.43. The number of amides is 1. The Balaban J connectivity index is 1.44. The molecule has 2 saturated heterocycles. The first kappa shape index (κ1) is 27.1. The van der Waals surface area contributed by atoms with E-state index in [4.69, 9.17) is 14.5 Å². The van der Waals surface area contributed by atoms with E-state index in [2.05, 4.69) is 0 Å². The summed E-state index contributed by atoms with van der Waals surface area (Å²) in [6.07, 6.45) is 5.38. The molecule has 2 aliphatic rings. The van der Waals surface area contributed by atoms with E-state index >= 15 is 0 Å². The summed E-state index contributed by atoms with van der Waals surface area (Å²) >= 11 is 1.44. The second-order valence-corrected chi connectivity index (χ2v) is 12.7. The fraction of sp³-hybridized carbons (Fsp3) is 0.500. The molecule has 1 amide bonds. The van der Waals surface area contributed by atoms with Crippen LogP contribution in [0, 0.1) is 0 Å². The number of rotatable bonds is 9. The van der Waals surface area contributed by atoms with Gasteiger partial charge in [-0.1, -0.05) is 30.7 Å². The monoisotopic (exact) mass is 557 g/mol. The first-order chi connectivity index (χ1) is 18.4. The van der Waals surface area contributed by atoms with Crippen LogP contribution in [0.3, 0.4) is 0 Å². The van der Waals surface area contributed by atoms with E-state index in [1.54, 1.807) is 33.5 Å². The van der Waals surface area contributed by atoms with Crippen molar-refractivity contribution in [2.45, 2.75) is 69.4 Å². The fourth-order valence-electron chi connectivity index (χ4n) is 5.30. The largest absolute Gasteiger partial charge is 0.492 e. The third kappa shape index (κ3) is 5.45. The maximum Gasteiger partial charge on any atom is 0.260 e. The minimum Gasteiger partial charge on any atom is -0.492 e. The molecule has 0 spiro atoms. The molecular weight excluding hydrogens is 522 g/mol. The Bertz CT molecular complexity index is 1370. The summed E-state index contributed by atoms with van der Waals surface area (Å²) < 4.78 is 41.0. The molecule has 0 aliphatic carbocycles. The summed E-state index contributed by atoms with van der Waals surface area (Å²) in [7, 11) is -3.62. The number of piperidine rings is 1. The number of fused-ring (bicyclic) bond motifs is 1. The van der Waals surface area contributed by atoms with Crippen molar-refractivity contribution in [2.24, 2.45) is 0 Å². The summed E-state index contributed by atoms with van der Waals surface area (Å²) in [5, 5.41) is 0.573. The molecule has 10 heteroatoms. The van der Waals surface area contributed by atoms with Crippen LogP contribution in [0.4, 0.5) is 5.13 Å². The van der Waals surface area contributed by atoms with Gasteiger partial charge in [0.1, 0.15) is 11.3 Å². The zero-order valence-corrected chi connectivity index (χ0v) is 23.6. The Morgan fingerprint density at radius 2 is 1.95 bits per heavy atom. The standard InChI is InChI=1S/C28H35N3O5S2/c1-3-21-9-5-6-17-31(21)38(33,34)23-15-13-20(14-16-23)27(32)30(19-22-10-8-18-36-22)28-29-26-24(35-4-2)11-7-12-25(26)37-28/h7,11-16,21-22H,3-6,8-10,17-19H2,1-2H3. The summed E-state index contributed by atoms with van der Waals surface area (Å²) in [4.78, 5) is 20.5. The molecule has 5 rings (SSSR count). The van der Waals surface area contributed by atoms with Gasteiger partial charge >= 0.3 is 0 Å². The van der Waals surface area contributed by atoms with Gasteiger partial charge in [0.05, 0.1) is 28.9 Å². The lowest BCUT2D eigenvalue weighted by Gasteiger charge is -2.34. The number of para-hydroxylation sites is 1. The molecule has 2 unspecified atom stereocenters. The van der Waals surface area contributed by atoms with Crippen LogP contribution in [0.25, 0.3) is 10.2 Å². The van der Waals surface area contributed by atoms with Crippen molar-refractivity contribution in [1.29, 1.82) is 0 Å². The van der Waals surface area contributed by atoms with E-state index < -0.39 is 10.0 Å². The summed E-state index contributed by atoms with van der Waals surface area (Å²) in [6.45, 7) is 6.09. The van der Waals surface area contributed by atoms with E-state index in [1.165, 1.54) is 11.3 Å². The number of nitrogens with zero attached hydrogens (tertiary/aromatic N) is 3. The average molecular weight is 558 g/mol. The Kier molecular flexibility index (Phi) is 8.32. The third-order valence-electron chi connectivity index (χ3n) is 7.31. The molecule has 2 fully saturated rings. The van der Waals surface area contributed by atoms with Crippen LogP contribution in [-0.4, -0.2) is 62.1 Å². The van der Waals surface area contributed by atoms with Crippen molar-refractivity contribution >= 4 is 42.6 Å². The van der Waals surface area contributed by atoms with Crippen molar-refractivity contribution in [3.8, 4) is 5.75 Å². The first-order valence-electron chi connectivity index (χ1n) is 13.5. The summed E-state index contributed by atoms with van der Waals surface area (Å²) in [5.41, 5.74) is 1.14. The van der Waals surface area contributed by atoms with Gasteiger partial charge in [0.15, 0.2) is 5.13 Å². The Labute approximate surface area is 228 Å². The number of hydrogen-bond donors (Lipinski definition) is 0. The van der Waals surface area contributed by atoms with Crippen molar-refractivity contribution in [2.75, 3.05) is 31.2 Å². The van der Waals surface area contributed by atoms with Gasteiger partial charge in [-0.15, -0.1) is 0 Å². The smallest absolute Gasteiger partial charge is 0.260 e. The van der Waals surface area contributed by atoms with Gasteiger partial charge in [-0.25, -0.2) is 13.4 Å². The van der Waals surface area contributed by atoms with Crippen LogP contribution in [0.1, 0.15) is 62.7 Å². The van der Waals surface area contributed by atoms with Crippen molar-refractivity contribution < 1.29 is 22.7 Å². The minimum absolute atomic E-state index is 0.0255. The van der Waals surface area contributed by atoms with Gasteiger partial charge in [0.2, 0.25) is 10.0 Å². The number of carbonyl (C=O) groups excluding carboxylic acids is 1. The van der Waals surface area contributed by atoms with Crippen LogP contribution in [0.2, 0.25) is 0 Å². The highest BCUT2D eigenvalue weighted by Gasteiger charge is 2.33. The number of anilines is 1. The third-order valence-corrected chi connectivity index (χ3v) is 10.3. The maximum absolute atomic E-state index is 13.8. The van der Waals surface area contributed by atoms with Gasteiger partial charge in [0, 0.05) is 24.8 Å². The topological polar surface area (TPSA) is 89.0 Å². The van der Waals surface area contributed by atoms with E-state index in [1.807, 2.05) is 32.0 Å². The normalized spacial score (nSPS) is 20.6. The second-order valence-electron chi connectivity index (χ2n) is 9.78. The van der Waals surface area contributed by atoms with Crippen molar-refractivity contribution in [3.63, 3.8) is 0 Å². The predicted octanol–water partition coefficient (Wildman–Crippen LogP) is 5.47. The van der Waals surface area contributed by atoms with Crippen LogP contribution < -0.4 is 9.64 Å². The van der Waals surface area contributed by atoms with Crippen molar-refractivity contribution in [1.82, 2.24) is 9.29 Å². The number of carbonyl (C=O) groups is 1. The molecule has 2 aromatic carbocycles. The fourth-order valence-corrected chi connectivity index (χ4v) is 8.06. The SMILES string of the molecule is CCOc1cccc2sc(N(CC3CCCO3)C(=O)c3ccc(S(=O)(=O)N4CCCCC4CC)cc3)nc12. The molecule has 0 saturated carbocycles. The molecule has 38 heavy (non-hydrogen) atoms. The molecule has 8 nitrogen and oxygen atoms in total.